The van der Waals surface area contributed by atoms with Crippen LogP contribution in [0.1, 0.15) is 17.5 Å². The molecular formula is C24H23FN2O2. The fraction of sp³-hybridized carbons (Fsp3) is 0.208. The van der Waals surface area contributed by atoms with E-state index in [9.17, 15) is 14.3 Å². The van der Waals surface area contributed by atoms with E-state index in [1.54, 1.807) is 35.1 Å². The highest BCUT2D eigenvalue weighted by molar-refractivity contribution is 5.96. The summed E-state index contributed by atoms with van der Waals surface area (Å²) >= 11 is 0. The monoisotopic (exact) mass is 390 g/mol. The van der Waals surface area contributed by atoms with E-state index in [0.29, 0.717) is 24.2 Å². The van der Waals surface area contributed by atoms with Crippen LogP contribution in [0.5, 0.6) is 0 Å². The van der Waals surface area contributed by atoms with Gasteiger partial charge in [0.15, 0.2) is 0 Å². The van der Waals surface area contributed by atoms with Crippen molar-refractivity contribution >= 4 is 17.3 Å². The molecule has 1 heterocycles. The molecule has 5 heteroatoms. The third-order valence-electron chi connectivity index (χ3n) is 5.40. The SMILES string of the molecule is Cc1ccc(C2=CCC=C(C3CN(C)C(=O)N3c3ccc(F)cc3)C(O)=C2)cc1. The smallest absolute Gasteiger partial charge is 0.324 e. The second-order valence-electron chi connectivity index (χ2n) is 7.48. The zero-order valence-corrected chi connectivity index (χ0v) is 16.5. The summed E-state index contributed by atoms with van der Waals surface area (Å²) in [6, 6.07) is 13.5. The Labute approximate surface area is 169 Å². The molecule has 2 aromatic rings. The molecular weight excluding hydrogens is 367 g/mol. The zero-order chi connectivity index (χ0) is 20.5. The molecule has 1 saturated heterocycles. The maximum Gasteiger partial charge on any atom is 0.324 e. The number of likely N-dealkylation sites (N-methyl/N-ethyl adjacent to an activating group) is 1. The van der Waals surface area contributed by atoms with Gasteiger partial charge in [0.25, 0.3) is 0 Å². The number of aliphatic hydroxyl groups is 1. The molecule has 1 atom stereocenters. The van der Waals surface area contributed by atoms with Crippen molar-refractivity contribution < 1.29 is 14.3 Å². The second kappa shape index (κ2) is 7.59. The predicted octanol–water partition coefficient (Wildman–Crippen LogP) is 5.23. The normalized spacial score (nSPS) is 19.6. The van der Waals surface area contributed by atoms with Gasteiger partial charge in [-0.05, 0) is 54.8 Å². The first-order valence-electron chi connectivity index (χ1n) is 9.62. The average molecular weight is 390 g/mol. The minimum Gasteiger partial charge on any atom is -0.508 e. The van der Waals surface area contributed by atoms with Gasteiger partial charge >= 0.3 is 6.03 Å². The highest BCUT2D eigenvalue weighted by atomic mass is 19.1. The van der Waals surface area contributed by atoms with Crippen LogP contribution in [0.15, 0.2) is 78.1 Å². The van der Waals surface area contributed by atoms with E-state index < -0.39 is 0 Å². The summed E-state index contributed by atoms with van der Waals surface area (Å²) in [6.45, 7) is 2.48. The highest BCUT2D eigenvalue weighted by Crippen LogP contribution is 2.33. The van der Waals surface area contributed by atoms with Gasteiger partial charge in [0.2, 0.25) is 0 Å². The van der Waals surface area contributed by atoms with Gasteiger partial charge in [-0.3, -0.25) is 4.90 Å². The number of halogens is 1. The van der Waals surface area contributed by atoms with Crippen molar-refractivity contribution in [2.24, 2.45) is 0 Å². The summed E-state index contributed by atoms with van der Waals surface area (Å²) in [5.41, 5.74) is 4.46. The number of nitrogens with zero attached hydrogens (tertiary/aromatic N) is 2. The first-order chi connectivity index (χ1) is 13.9. The molecule has 4 rings (SSSR count). The van der Waals surface area contributed by atoms with Crippen molar-refractivity contribution in [1.29, 1.82) is 0 Å². The maximum atomic E-state index is 13.4. The summed E-state index contributed by atoms with van der Waals surface area (Å²) in [5.74, 6) is -0.205. The maximum absolute atomic E-state index is 13.4. The van der Waals surface area contributed by atoms with E-state index in [4.69, 9.17) is 0 Å². The number of amides is 2. The number of carbonyl (C=O) groups is 1. The van der Waals surface area contributed by atoms with Crippen LogP contribution >= 0.6 is 0 Å². The molecule has 4 nitrogen and oxygen atoms in total. The van der Waals surface area contributed by atoms with E-state index in [2.05, 4.69) is 6.08 Å². The number of hydrogen-bond acceptors (Lipinski definition) is 2. The topological polar surface area (TPSA) is 43.8 Å². The number of allylic oxidation sites excluding steroid dienone is 4. The second-order valence-corrected chi connectivity index (χ2v) is 7.48. The number of carbonyl (C=O) groups excluding carboxylic acids is 1. The third kappa shape index (κ3) is 3.68. The Balaban J connectivity index is 1.67. The van der Waals surface area contributed by atoms with Gasteiger partial charge in [-0.15, -0.1) is 0 Å². The molecule has 1 aliphatic carbocycles. The molecule has 1 fully saturated rings. The van der Waals surface area contributed by atoms with Crippen LogP contribution in [-0.4, -0.2) is 35.7 Å². The van der Waals surface area contributed by atoms with Crippen LogP contribution in [0.3, 0.4) is 0 Å². The van der Waals surface area contributed by atoms with Gasteiger partial charge in [0.1, 0.15) is 11.6 Å². The van der Waals surface area contributed by atoms with Crippen molar-refractivity contribution in [2.75, 3.05) is 18.5 Å². The van der Waals surface area contributed by atoms with Crippen LogP contribution in [0.2, 0.25) is 0 Å². The Kier molecular flexibility index (Phi) is 4.97. The van der Waals surface area contributed by atoms with Gasteiger partial charge in [-0.25, -0.2) is 9.18 Å². The van der Waals surface area contributed by atoms with Crippen LogP contribution in [0.4, 0.5) is 14.9 Å². The zero-order valence-electron chi connectivity index (χ0n) is 16.5. The largest absolute Gasteiger partial charge is 0.508 e. The fourth-order valence-corrected chi connectivity index (χ4v) is 3.83. The summed E-state index contributed by atoms with van der Waals surface area (Å²) in [6.07, 6.45) is 6.43. The fourth-order valence-electron chi connectivity index (χ4n) is 3.83. The van der Waals surface area contributed by atoms with Crippen molar-refractivity contribution in [3.05, 3.63) is 95.0 Å². The molecule has 1 aliphatic heterocycles. The molecule has 0 spiro atoms. The summed E-state index contributed by atoms with van der Waals surface area (Å²) in [7, 11) is 1.73. The van der Waals surface area contributed by atoms with Crippen molar-refractivity contribution in [1.82, 2.24) is 4.90 Å². The van der Waals surface area contributed by atoms with Crippen LogP contribution in [0.25, 0.3) is 5.57 Å². The third-order valence-corrected chi connectivity index (χ3v) is 5.40. The summed E-state index contributed by atoms with van der Waals surface area (Å²) in [4.78, 5) is 16.0. The molecule has 2 aliphatic rings. The number of hydrogen-bond donors (Lipinski definition) is 1. The highest BCUT2D eigenvalue weighted by Gasteiger charge is 2.39. The molecule has 1 N–H and O–H groups in total. The summed E-state index contributed by atoms with van der Waals surface area (Å²) in [5, 5.41) is 10.9. The quantitative estimate of drug-likeness (QED) is 0.780. The molecule has 0 aromatic heterocycles. The molecule has 2 aromatic carbocycles. The average Bonchev–Trinajstić information content (AvgIpc) is 2.87. The van der Waals surface area contributed by atoms with Gasteiger partial charge in [0, 0.05) is 24.9 Å². The first-order valence-corrected chi connectivity index (χ1v) is 9.62. The lowest BCUT2D eigenvalue weighted by Gasteiger charge is -2.25. The molecule has 0 bridgehead atoms. The van der Waals surface area contributed by atoms with E-state index >= 15 is 0 Å². The lowest BCUT2D eigenvalue weighted by atomic mass is 10.0. The first kappa shape index (κ1) is 19.0. The van der Waals surface area contributed by atoms with Crippen LogP contribution < -0.4 is 4.90 Å². The van der Waals surface area contributed by atoms with Gasteiger partial charge in [-0.2, -0.15) is 0 Å². The van der Waals surface area contributed by atoms with Crippen molar-refractivity contribution in [3.8, 4) is 0 Å². The molecule has 0 saturated carbocycles. The van der Waals surface area contributed by atoms with Gasteiger partial charge < -0.3 is 10.0 Å². The Morgan fingerprint density at radius 1 is 1.03 bits per heavy atom. The van der Waals surface area contributed by atoms with Crippen LogP contribution in [0, 0.1) is 12.7 Å². The molecule has 29 heavy (non-hydrogen) atoms. The van der Waals surface area contributed by atoms with Crippen molar-refractivity contribution in [3.63, 3.8) is 0 Å². The number of aryl methyl sites for hydroxylation is 1. The van der Waals surface area contributed by atoms with Gasteiger partial charge in [-0.1, -0.05) is 42.0 Å². The number of aliphatic hydroxyl groups excluding tert-OH is 1. The van der Waals surface area contributed by atoms with Crippen molar-refractivity contribution in [2.45, 2.75) is 19.4 Å². The Morgan fingerprint density at radius 3 is 2.41 bits per heavy atom. The Morgan fingerprint density at radius 2 is 1.72 bits per heavy atom. The molecule has 2 amide bonds. The number of benzene rings is 2. The Bertz CT molecular complexity index is 1020. The van der Waals surface area contributed by atoms with E-state index in [-0.39, 0.29) is 23.6 Å². The standard InChI is InChI=1S/C24H23FN2O2/c1-16-6-8-17(9-7-16)18-4-3-5-21(23(28)14-18)22-15-26(2)24(29)27(22)20-12-10-19(25)11-13-20/h4-14,22,28H,3,15H2,1-2H3. The van der Waals surface area contributed by atoms with Gasteiger partial charge in [0.05, 0.1) is 6.04 Å². The minimum atomic E-state index is -0.353. The molecule has 0 radical (unpaired) electrons. The number of urea groups is 1. The molecule has 1 unspecified atom stereocenters. The van der Waals surface area contributed by atoms with E-state index in [1.165, 1.54) is 17.7 Å². The predicted molar refractivity (Wildman–Crippen MR) is 113 cm³/mol. The van der Waals surface area contributed by atoms with Crippen LogP contribution in [-0.2, 0) is 0 Å². The van der Waals surface area contributed by atoms with E-state index in [0.717, 1.165) is 11.1 Å². The Hall–Kier alpha value is -3.34. The minimum absolute atomic E-state index is 0.148. The van der Waals surface area contributed by atoms with E-state index in [1.807, 2.05) is 37.3 Å². The summed E-state index contributed by atoms with van der Waals surface area (Å²) < 4.78 is 13.4. The lowest BCUT2D eigenvalue weighted by Crippen LogP contribution is -2.36. The number of rotatable bonds is 3. The number of anilines is 1. The molecule has 148 valence electrons. The lowest BCUT2D eigenvalue weighted by molar-refractivity contribution is 0.229.